The summed E-state index contributed by atoms with van der Waals surface area (Å²) in [6.07, 6.45) is 4.56. The molecular formula is C13H18BrN3O3. The van der Waals surface area contributed by atoms with Crippen LogP contribution in [0.3, 0.4) is 0 Å². The van der Waals surface area contributed by atoms with Gasteiger partial charge in [-0.3, -0.25) is 14.3 Å². The van der Waals surface area contributed by atoms with Crippen molar-refractivity contribution in [3.63, 3.8) is 0 Å². The predicted molar refractivity (Wildman–Crippen MR) is 76.4 cm³/mol. The molecule has 0 saturated heterocycles. The van der Waals surface area contributed by atoms with Crippen LogP contribution >= 0.6 is 15.9 Å². The van der Waals surface area contributed by atoms with Gasteiger partial charge in [0.15, 0.2) is 0 Å². The lowest BCUT2D eigenvalue weighted by Gasteiger charge is -2.39. The summed E-state index contributed by atoms with van der Waals surface area (Å²) in [5.74, 6) is -1.69. The second-order valence-corrected chi connectivity index (χ2v) is 6.23. The normalized spacial score (nSPS) is 26.2. The molecule has 1 aromatic rings. The summed E-state index contributed by atoms with van der Waals surface area (Å²) in [5, 5.41) is 16.2. The number of aliphatic carboxylic acids is 1. The van der Waals surface area contributed by atoms with Crippen LogP contribution in [-0.4, -0.2) is 32.3 Å². The van der Waals surface area contributed by atoms with Crippen LogP contribution in [0, 0.1) is 5.92 Å². The highest BCUT2D eigenvalue weighted by molar-refractivity contribution is 9.10. The molecular weight excluding hydrogens is 326 g/mol. The molecule has 0 bridgehead atoms. The van der Waals surface area contributed by atoms with Crippen LogP contribution in [0.5, 0.6) is 0 Å². The van der Waals surface area contributed by atoms with E-state index < -0.39 is 17.4 Å². The number of halogens is 1. The quantitative estimate of drug-likeness (QED) is 0.878. The topological polar surface area (TPSA) is 84.2 Å². The molecule has 7 heteroatoms. The van der Waals surface area contributed by atoms with Crippen LogP contribution in [0.4, 0.5) is 0 Å². The molecule has 0 spiro atoms. The first-order chi connectivity index (χ1) is 9.35. The van der Waals surface area contributed by atoms with Crippen molar-refractivity contribution in [3.8, 4) is 0 Å². The molecule has 2 rings (SSSR count). The van der Waals surface area contributed by atoms with Crippen LogP contribution in [0.1, 0.15) is 43.0 Å². The first-order valence-corrected chi connectivity index (χ1v) is 7.37. The van der Waals surface area contributed by atoms with E-state index in [-0.39, 0.29) is 5.91 Å². The fraction of sp³-hybridized carbons (Fsp3) is 0.615. The Bertz CT molecular complexity index is 543. The van der Waals surface area contributed by atoms with Crippen molar-refractivity contribution in [3.05, 3.63) is 16.4 Å². The Morgan fingerprint density at radius 1 is 1.55 bits per heavy atom. The van der Waals surface area contributed by atoms with Crippen LogP contribution in [0.25, 0.3) is 0 Å². The Kier molecular flexibility index (Phi) is 4.17. The van der Waals surface area contributed by atoms with Crippen LogP contribution in [0.2, 0.25) is 0 Å². The Hall–Kier alpha value is -1.37. The molecule has 1 aromatic heterocycles. The summed E-state index contributed by atoms with van der Waals surface area (Å²) in [4.78, 5) is 23.7. The molecule has 1 saturated carbocycles. The van der Waals surface area contributed by atoms with Crippen molar-refractivity contribution in [1.82, 2.24) is 15.1 Å². The van der Waals surface area contributed by atoms with Crippen molar-refractivity contribution >= 4 is 27.8 Å². The average molecular weight is 344 g/mol. The number of carboxylic acids is 1. The zero-order valence-corrected chi connectivity index (χ0v) is 13.1. The van der Waals surface area contributed by atoms with Gasteiger partial charge < -0.3 is 10.4 Å². The third kappa shape index (κ3) is 2.72. The summed E-state index contributed by atoms with van der Waals surface area (Å²) in [6.45, 7) is 1.81. The Morgan fingerprint density at radius 2 is 2.25 bits per heavy atom. The maximum Gasteiger partial charge on any atom is 0.308 e. The van der Waals surface area contributed by atoms with E-state index in [1.165, 1.54) is 6.20 Å². The van der Waals surface area contributed by atoms with Crippen molar-refractivity contribution < 1.29 is 14.7 Å². The van der Waals surface area contributed by atoms with E-state index in [0.717, 1.165) is 12.8 Å². The molecule has 2 atom stereocenters. The number of aryl methyl sites for hydroxylation is 1. The van der Waals surface area contributed by atoms with Crippen molar-refractivity contribution in [2.75, 3.05) is 0 Å². The maximum absolute atomic E-state index is 12.3. The van der Waals surface area contributed by atoms with Gasteiger partial charge in [0.2, 0.25) is 0 Å². The largest absolute Gasteiger partial charge is 0.481 e. The molecule has 0 radical (unpaired) electrons. The molecule has 1 fully saturated rings. The third-order valence-electron chi connectivity index (χ3n) is 4.02. The van der Waals surface area contributed by atoms with Crippen molar-refractivity contribution in [2.45, 2.75) is 38.1 Å². The number of nitrogens with one attached hydrogen (secondary N) is 1. The molecule has 2 N–H and O–H groups in total. The first-order valence-electron chi connectivity index (χ1n) is 6.58. The minimum absolute atomic E-state index is 0.291. The number of hydrogen-bond donors (Lipinski definition) is 2. The number of aromatic nitrogens is 2. The van der Waals surface area contributed by atoms with Crippen LogP contribution in [0.15, 0.2) is 10.8 Å². The molecule has 20 heavy (non-hydrogen) atoms. The number of carbonyl (C=O) groups is 2. The lowest BCUT2D eigenvalue weighted by atomic mass is 9.74. The van der Waals surface area contributed by atoms with Gasteiger partial charge in [-0.15, -0.1) is 0 Å². The van der Waals surface area contributed by atoms with Gasteiger partial charge in [-0.25, -0.2) is 0 Å². The molecule has 1 amide bonds. The van der Waals surface area contributed by atoms with Gasteiger partial charge in [0, 0.05) is 7.05 Å². The highest BCUT2D eigenvalue weighted by atomic mass is 79.9. The maximum atomic E-state index is 12.3. The Labute approximate surface area is 125 Å². The molecule has 1 aliphatic carbocycles. The van der Waals surface area contributed by atoms with Gasteiger partial charge in [0.25, 0.3) is 5.91 Å². The molecule has 6 nitrogen and oxygen atoms in total. The van der Waals surface area contributed by atoms with Gasteiger partial charge >= 0.3 is 5.97 Å². The van der Waals surface area contributed by atoms with Gasteiger partial charge in [-0.05, 0) is 35.7 Å². The van der Waals surface area contributed by atoms with E-state index in [1.54, 1.807) is 11.7 Å². The standard InChI is InChI=1S/C13H18BrN3O3/c1-13(6-4-3-5-9(13)12(19)20)16-11(18)8-7-15-17(2)10(8)14/h7,9H,3-6H2,1-2H3,(H,16,18)(H,19,20). The van der Waals surface area contributed by atoms with Gasteiger partial charge in [0.05, 0.1) is 23.2 Å². The van der Waals surface area contributed by atoms with E-state index in [0.29, 0.717) is 23.0 Å². The third-order valence-corrected chi connectivity index (χ3v) is 4.96. The predicted octanol–water partition coefficient (Wildman–Crippen LogP) is 1.95. The number of carbonyl (C=O) groups excluding carboxylic acids is 1. The Balaban J connectivity index is 2.20. The monoisotopic (exact) mass is 343 g/mol. The average Bonchev–Trinajstić information content (AvgIpc) is 2.69. The fourth-order valence-electron chi connectivity index (χ4n) is 2.78. The van der Waals surface area contributed by atoms with E-state index in [9.17, 15) is 14.7 Å². The van der Waals surface area contributed by atoms with Gasteiger partial charge in [0.1, 0.15) is 4.60 Å². The second kappa shape index (κ2) is 5.55. The molecule has 1 aliphatic rings. The van der Waals surface area contributed by atoms with Crippen LogP contribution in [-0.2, 0) is 11.8 Å². The van der Waals surface area contributed by atoms with E-state index in [2.05, 4.69) is 26.3 Å². The second-order valence-electron chi connectivity index (χ2n) is 5.48. The van der Waals surface area contributed by atoms with Crippen LogP contribution < -0.4 is 5.32 Å². The van der Waals surface area contributed by atoms with E-state index >= 15 is 0 Å². The molecule has 110 valence electrons. The first kappa shape index (κ1) is 15.0. The smallest absolute Gasteiger partial charge is 0.308 e. The molecule has 0 aromatic carbocycles. The van der Waals surface area contributed by atoms with Gasteiger partial charge in [-0.2, -0.15) is 5.10 Å². The summed E-state index contributed by atoms with van der Waals surface area (Å²) in [7, 11) is 1.73. The lowest BCUT2D eigenvalue weighted by molar-refractivity contribution is -0.145. The van der Waals surface area contributed by atoms with E-state index in [4.69, 9.17) is 0 Å². The highest BCUT2D eigenvalue weighted by Crippen LogP contribution is 2.34. The number of hydrogen-bond acceptors (Lipinski definition) is 3. The molecule has 1 heterocycles. The summed E-state index contributed by atoms with van der Waals surface area (Å²) < 4.78 is 2.13. The number of rotatable bonds is 3. The minimum atomic E-state index is -0.849. The van der Waals surface area contributed by atoms with Crippen molar-refractivity contribution in [2.24, 2.45) is 13.0 Å². The zero-order chi connectivity index (χ0) is 14.9. The Morgan fingerprint density at radius 3 is 2.80 bits per heavy atom. The summed E-state index contributed by atoms with van der Waals surface area (Å²) in [5.41, 5.74) is -0.292. The highest BCUT2D eigenvalue weighted by Gasteiger charge is 2.42. The molecule has 0 aliphatic heterocycles. The summed E-state index contributed by atoms with van der Waals surface area (Å²) in [6, 6.07) is 0. The zero-order valence-electron chi connectivity index (χ0n) is 11.5. The fourth-order valence-corrected chi connectivity index (χ4v) is 3.15. The number of carboxylic acid groups (broad SMARTS) is 1. The minimum Gasteiger partial charge on any atom is -0.481 e. The van der Waals surface area contributed by atoms with Gasteiger partial charge in [-0.1, -0.05) is 12.8 Å². The summed E-state index contributed by atoms with van der Waals surface area (Å²) >= 11 is 3.30. The number of amides is 1. The molecule has 2 unspecified atom stereocenters. The lowest BCUT2D eigenvalue weighted by Crippen LogP contribution is -2.55. The SMILES string of the molecule is Cn1ncc(C(=O)NC2(C)CCCCC2C(=O)O)c1Br. The van der Waals surface area contributed by atoms with E-state index in [1.807, 2.05) is 6.92 Å². The number of nitrogens with zero attached hydrogens (tertiary/aromatic N) is 2. The van der Waals surface area contributed by atoms with Crippen molar-refractivity contribution in [1.29, 1.82) is 0 Å².